The Balaban J connectivity index is 2.66. The van der Waals surface area contributed by atoms with Crippen LogP contribution >= 0.6 is 0 Å². The predicted molar refractivity (Wildman–Crippen MR) is 76.3 cm³/mol. The van der Waals surface area contributed by atoms with E-state index in [0.29, 0.717) is 0 Å². The third-order valence-electron chi connectivity index (χ3n) is 3.73. The van der Waals surface area contributed by atoms with Gasteiger partial charge in [0.1, 0.15) is 0 Å². The van der Waals surface area contributed by atoms with E-state index in [-0.39, 0.29) is 0 Å². The van der Waals surface area contributed by atoms with E-state index in [1.807, 2.05) is 7.11 Å². The maximum Gasteiger partial charge on any atom is 0.427 e. The molecule has 0 aliphatic carbocycles. The van der Waals surface area contributed by atoms with E-state index in [0.717, 1.165) is 38.4 Å². The Bertz CT molecular complexity index is 243. The number of rotatable bonds is 7. The van der Waals surface area contributed by atoms with Gasteiger partial charge in [-0.3, -0.25) is 4.57 Å². The zero-order chi connectivity index (χ0) is 13.6. The maximum absolute atomic E-state index is 5.82. The molecule has 0 unspecified atom stereocenters. The number of hydrogen-bond donors (Lipinski definition) is 0. The minimum absolute atomic E-state index is 0.770. The maximum atomic E-state index is 5.82. The van der Waals surface area contributed by atoms with Crippen molar-refractivity contribution in [2.45, 2.75) is 25.2 Å². The van der Waals surface area contributed by atoms with E-state index < -0.39 is 17.0 Å². The molecule has 5 nitrogen and oxygen atoms in total. The third kappa shape index (κ3) is 4.12. The molecule has 1 heterocycles. The second-order valence-corrected chi connectivity index (χ2v) is 13.0. The summed E-state index contributed by atoms with van der Waals surface area (Å²) < 4.78 is 25.0. The lowest BCUT2D eigenvalue weighted by molar-refractivity contribution is 0.0405. The van der Waals surface area contributed by atoms with Crippen LogP contribution in [0.1, 0.15) is 0 Å². The molecule has 1 saturated heterocycles. The second kappa shape index (κ2) is 7.13. The molecule has 0 spiro atoms. The molecular weight excluding hydrogens is 266 g/mol. The van der Waals surface area contributed by atoms with Crippen LogP contribution in [-0.4, -0.2) is 69.2 Å². The Morgan fingerprint density at radius 3 is 1.94 bits per heavy atom. The monoisotopic (exact) mass is 293 g/mol. The Kier molecular flexibility index (Phi) is 6.45. The molecule has 0 aromatic rings. The molecule has 1 fully saturated rings. The van der Waals surface area contributed by atoms with Gasteiger partial charge in [-0.1, -0.05) is 0 Å². The molecule has 18 heavy (non-hydrogen) atoms. The Labute approximate surface area is 113 Å². The summed E-state index contributed by atoms with van der Waals surface area (Å²) in [5, 5.41) is 0. The van der Waals surface area contributed by atoms with Crippen LogP contribution in [0.3, 0.4) is 0 Å². The molecule has 1 rings (SSSR count). The van der Waals surface area contributed by atoms with Gasteiger partial charge in [0.2, 0.25) is 0 Å². The van der Waals surface area contributed by atoms with Gasteiger partial charge in [-0.25, -0.2) is 0 Å². The average Bonchev–Trinajstić information content (AvgIpc) is 2.42. The minimum atomic E-state index is -2.26. The summed E-state index contributed by atoms with van der Waals surface area (Å²) in [5.41, 5.74) is 0. The summed E-state index contributed by atoms with van der Waals surface area (Å²) in [4.78, 5) is 0. The first-order valence-corrected chi connectivity index (χ1v) is 11.6. The molecule has 0 N–H and O–H groups in total. The van der Waals surface area contributed by atoms with E-state index in [1.165, 1.54) is 0 Å². The molecule has 0 aromatic carbocycles. The molecule has 1 aliphatic heterocycles. The largest absolute Gasteiger partial charge is 0.427 e. The van der Waals surface area contributed by atoms with Crippen LogP contribution in [0, 0.1) is 0 Å². The zero-order valence-corrected chi connectivity index (χ0v) is 14.3. The summed E-state index contributed by atoms with van der Waals surface area (Å²) in [7, 11) is 1.52. The fourth-order valence-electron chi connectivity index (χ4n) is 2.17. The fraction of sp³-hybridized carbons (Fsp3) is 1.00. The number of hydrogen-bond acceptors (Lipinski definition) is 5. The Morgan fingerprint density at radius 1 is 0.944 bits per heavy atom. The number of morpholine rings is 1. The lowest BCUT2D eigenvalue weighted by Gasteiger charge is -2.40. The van der Waals surface area contributed by atoms with Crippen molar-refractivity contribution in [1.82, 2.24) is 4.57 Å². The smallest absolute Gasteiger partial charge is 0.420 e. The van der Waals surface area contributed by atoms with Crippen molar-refractivity contribution >= 4 is 17.0 Å². The SMILES string of the molecule is CO[Si](C)(C)CC[Si](OC)(OC)N1CCOCC1. The van der Waals surface area contributed by atoms with Crippen LogP contribution in [-0.2, 0) is 18.0 Å². The molecule has 1 aliphatic rings. The van der Waals surface area contributed by atoms with Gasteiger partial charge in [0.15, 0.2) is 8.32 Å². The lowest BCUT2D eigenvalue weighted by Crippen LogP contribution is -2.61. The van der Waals surface area contributed by atoms with E-state index in [1.54, 1.807) is 14.2 Å². The first kappa shape index (κ1) is 16.3. The topological polar surface area (TPSA) is 40.2 Å². The number of nitrogens with zero attached hydrogens (tertiary/aromatic N) is 1. The number of ether oxygens (including phenoxy) is 1. The van der Waals surface area contributed by atoms with Crippen molar-refractivity contribution in [3.05, 3.63) is 0 Å². The van der Waals surface area contributed by atoms with Crippen molar-refractivity contribution in [1.29, 1.82) is 0 Å². The molecule has 0 atom stereocenters. The zero-order valence-electron chi connectivity index (χ0n) is 12.3. The van der Waals surface area contributed by atoms with Crippen LogP contribution in [0.4, 0.5) is 0 Å². The third-order valence-corrected chi connectivity index (χ3v) is 10.4. The molecule has 0 aromatic heterocycles. The van der Waals surface area contributed by atoms with Gasteiger partial charge in [-0.05, 0) is 19.1 Å². The predicted octanol–water partition coefficient (Wildman–Crippen LogP) is 1.40. The highest BCUT2D eigenvalue weighted by atomic mass is 28.4. The first-order valence-electron chi connectivity index (χ1n) is 6.48. The van der Waals surface area contributed by atoms with Crippen molar-refractivity contribution in [3.8, 4) is 0 Å². The minimum Gasteiger partial charge on any atom is -0.420 e. The molecule has 108 valence electrons. The molecule has 0 radical (unpaired) electrons. The lowest BCUT2D eigenvalue weighted by atomic mass is 10.5. The highest BCUT2D eigenvalue weighted by molar-refractivity contribution is 6.74. The molecule has 7 heteroatoms. The van der Waals surface area contributed by atoms with Crippen LogP contribution in [0.25, 0.3) is 0 Å². The van der Waals surface area contributed by atoms with Gasteiger partial charge in [0.25, 0.3) is 0 Å². The quantitative estimate of drug-likeness (QED) is 0.664. The molecular formula is C11H27NO4Si2. The van der Waals surface area contributed by atoms with E-state index in [2.05, 4.69) is 17.7 Å². The Morgan fingerprint density at radius 2 is 1.50 bits per heavy atom. The van der Waals surface area contributed by atoms with Crippen molar-refractivity contribution in [3.63, 3.8) is 0 Å². The highest BCUT2D eigenvalue weighted by Crippen LogP contribution is 2.25. The summed E-state index contributed by atoms with van der Waals surface area (Å²) >= 11 is 0. The van der Waals surface area contributed by atoms with Crippen LogP contribution in [0.5, 0.6) is 0 Å². The van der Waals surface area contributed by atoms with Gasteiger partial charge < -0.3 is 18.0 Å². The average molecular weight is 294 g/mol. The Hall–Kier alpha value is 0.234. The first-order chi connectivity index (χ1) is 8.49. The van der Waals surface area contributed by atoms with E-state index >= 15 is 0 Å². The normalized spacial score (nSPS) is 19.2. The highest BCUT2D eigenvalue weighted by Gasteiger charge is 2.45. The molecule has 0 saturated carbocycles. The summed E-state index contributed by atoms with van der Waals surface area (Å²) in [6.07, 6.45) is 0. The van der Waals surface area contributed by atoms with Gasteiger partial charge in [0.05, 0.1) is 13.2 Å². The standard InChI is InChI=1S/C11H27NO4Si2/c1-13-17(4,5)10-11-18(14-2,15-3)12-6-8-16-9-7-12/h6-11H2,1-5H3. The summed E-state index contributed by atoms with van der Waals surface area (Å²) in [6.45, 7) is 7.82. The van der Waals surface area contributed by atoms with Gasteiger partial charge in [-0.2, -0.15) is 0 Å². The van der Waals surface area contributed by atoms with Gasteiger partial charge in [0, 0.05) is 40.5 Å². The van der Waals surface area contributed by atoms with Gasteiger partial charge in [-0.15, -0.1) is 0 Å². The molecule has 0 bridgehead atoms. The summed E-state index contributed by atoms with van der Waals surface area (Å²) in [5.74, 6) is 0. The van der Waals surface area contributed by atoms with Crippen molar-refractivity contribution in [2.75, 3.05) is 47.6 Å². The van der Waals surface area contributed by atoms with Gasteiger partial charge >= 0.3 is 8.72 Å². The fourth-order valence-corrected chi connectivity index (χ4v) is 8.32. The summed E-state index contributed by atoms with van der Waals surface area (Å²) in [6, 6.07) is 2.03. The van der Waals surface area contributed by atoms with Crippen LogP contribution in [0.2, 0.25) is 25.2 Å². The van der Waals surface area contributed by atoms with E-state index in [4.69, 9.17) is 18.0 Å². The molecule has 0 amide bonds. The van der Waals surface area contributed by atoms with Crippen molar-refractivity contribution in [2.24, 2.45) is 0 Å². The van der Waals surface area contributed by atoms with Crippen LogP contribution < -0.4 is 0 Å². The van der Waals surface area contributed by atoms with Crippen LogP contribution in [0.15, 0.2) is 0 Å². The van der Waals surface area contributed by atoms with Crippen molar-refractivity contribution < 1.29 is 18.0 Å². The second-order valence-electron chi connectivity index (χ2n) is 5.18. The van der Waals surface area contributed by atoms with E-state index in [9.17, 15) is 0 Å².